The van der Waals surface area contributed by atoms with E-state index in [0.29, 0.717) is 0 Å². The van der Waals surface area contributed by atoms with Crippen molar-refractivity contribution in [3.05, 3.63) is 22.4 Å². The van der Waals surface area contributed by atoms with Crippen LogP contribution in [0.25, 0.3) is 0 Å². The van der Waals surface area contributed by atoms with Crippen LogP contribution in [-0.2, 0) is 6.42 Å². The highest BCUT2D eigenvalue weighted by molar-refractivity contribution is 9.10. The van der Waals surface area contributed by atoms with Gasteiger partial charge in [-0.25, -0.2) is 4.98 Å². The van der Waals surface area contributed by atoms with E-state index in [4.69, 9.17) is 5.73 Å². The molecule has 10 heavy (non-hydrogen) atoms. The Kier molecular flexibility index (Phi) is 2.27. The van der Waals surface area contributed by atoms with Gasteiger partial charge in [-0.2, -0.15) is 0 Å². The van der Waals surface area contributed by atoms with Gasteiger partial charge in [-0.1, -0.05) is 6.92 Å². The molecule has 0 saturated carbocycles. The smallest absolute Gasteiger partial charge is 0.109 e. The molecule has 1 aromatic heterocycles. The molecule has 0 atom stereocenters. The summed E-state index contributed by atoms with van der Waals surface area (Å²) >= 11 is 3.32. The minimum atomic E-state index is 0.722. The summed E-state index contributed by atoms with van der Waals surface area (Å²) in [6.45, 7) is 2.07. The van der Waals surface area contributed by atoms with Crippen LogP contribution >= 0.6 is 15.9 Å². The average Bonchev–Trinajstić information content (AvgIpc) is 1.94. The van der Waals surface area contributed by atoms with Gasteiger partial charge in [0.05, 0.1) is 11.9 Å². The van der Waals surface area contributed by atoms with Crippen molar-refractivity contribution in [3.8, 4) is 0 Å². The lowest BCUT2D eigenvalue weighted by Crippen LogP contribution is -1.91. The fourth-order valence-electron chi connectivity index (χ4n) is 0.760. The summed E-state index contributed by atoms with van der Waals surface area (Å²) in [6, 6.07) is 1.93. The van der Waals surface area contributed by atoms with Crippen LogP contribution in [0, 0.1) is 0 Å². The zero-order chi connectivity index (χ0) is 7.56. The van der Waals surface area contributed by atoms with Crippen molar-refractivity contribution < 1.29 is 0 Å². The monoisotopic (exact) mass is 200 g/mol. The van der Waals surface area contributed by atoms with Gasteiger partial charge in [-0.3, -0.25) is 0 Å². The molecule has 2 N–H and O–H groups in total. The van der Waals surface area contributed by atoms with Gasteiger partial charge in [0.25, 0.3) is 0 Å². The third-order valence-electron chi connectivity index (χ3n) is 1.31. The average molecular weight is 201 g/mol. The number of hydrogen-bond donors (Lipinski definition) is 1. The fraction of sp³-hybridized carbons (Fsp3) is 0.286. The maximum absolute atomic E-state index is 5.52. The zero-order valence-corrected chi connectivity index (χ0v) is 7.35. The molecule has 0 unspecified atom stereocenters. The van der Waals surface area contributed by atoms with E-state index in [1.54, 1.807) is 6.20 Å². The van der Waals surface area contributed by atoms with E-state index in [9.17, 15) is 0 Å². The molecule has 54 valence electrons. The first-order valence-corrected chi connectivity index (χ1v) is 3.93. The van der Waals surface area contributed by atoms with Crippen molar-refractivity contribution in [1.82, 2.24) is 4.98 Å². The topological polar surface area (TPSA) is 38.9 Å². The van der Waals surface area contributed by atoms with Crippen LogP contribution in [0.4, 0.5) is 5.69 Å². The second-order valence-corrected chi connectivity index (χ2v) is 2.82. The second kappa shape index (κ2) is 3.01. The largest absolute Gasteiger partial charge is 0.397 e. The van der Waals surface area contributed by atoms with Crippen molar-refractivity contribution in [2.75, 3.05) is 5.73 Å². The molecule has 2 nitrogen and oxygen atoms in total. The first-order valence-electron chi connectivity index (χ1n) is 3.14. The molecule has 0 bridgehead atoms. The SMILES string of the molecule is CCc1cc(N)cnc1Br. The van der Waals surface area contributed by atoms with E-state index in [2.05, 4.69) is 27.8 Å². The number of nitrogens with two attached hydrogens (primary N) is 1. The Labute approximate surface area is 68.6 Å². The van der Waals surface area contributed by atoms with E-state index in [1.807, 2.05) is 6.07 Å². The van der Waals surface area contributed by atoms with Crippen molar-refractivity contribution in [2.24, 2.45) is 0 Å². The highest BCUT2D eigenvalue weighted by Crippen LogP contribution is 2.15. The summed E-state index contributed by atoms with van der Waals surface area (Å²) in [5.74, 6) is 0. The number of hydrogen-bond acceptors (Lipinski definition) is 2. The summed E-state index contributed by atoms with van der Waals surface area (Å²) in [6.07, 6.45) is 2.60. The molecule has 0 aliphatic carbocycles. The maximum atomic E-state index is 5.52. The predicted octanol–water partition coefficient (Wildman–Crippen LogP) is 1.99. The van der Waals surface area contributed by atoms with Gasteiger partial charge in [0.15, 0.2) is 0 Å². The molecule has 0 aromatic carbocycles. The zero-order valence-electron chi connectivity index (χ0n) is 5.76. The molecule has 0 spiro atoms. The van der Waals surface area contributed by atoms with E-state index in [0.717, 1.165) is 22.3 Å². The number of halogens is 1. The molecule has 0 saturated heterocycles. The van der Waals surface area contributed by atoms with Crippen LogP contribution in [0.3, 0.4) is 0 Å². The molecule has 0 aliphatic heterocycles. The molecular weight excluding hydrogens is 192 g/mol. The molecule has 0 aliphatic rings. The normalized spacial score (nSPS) is 9.80. The van der Waals surface area contributed by atoms with Crippen molar-refractivity contribution >= 4 is 21.6 Å². The maximum Gasteiger partial charge on any atom is 0.109 e. The Morgan fingerprint density at radius 2 is 2.40 bits per heavy atom. The Morgan fingerprint density at radius 3 is 2.90 bits per heavy atom. The highest BCUT2D eigenvalue weighted by Gasteiger charge is 1.97. The second-order valence-electron chi connectivity index (χ2n) is 2.07. The van der Waals surface area contributed by atoms with Crippen LogP contribution in [0.5, 0.6) is 0 Å². The Bertz CT molecular complexity index is 235. The van der Waals surface area contributed by atoms with Crippen LogP contribution in [0.15, 0.2) is 16.9 Å². The Morgan fingerprint density at radius 1 is 1.70 bits per heavy atom. The van der Waals surface area contributed by atoms with Crippen LogP contribution in [0.1, 0.15) is 12.5 Å². The lowest BCUT2D eigenvalue weighted by molar-refractivity contribution is 1.08. The van der Waals surface area contributed by atoms with Crippen LogP contribution in [-0.4, -0.2) is 4.98 Å². The van der Waals surface area contributed by atoms with Gasteiger partial charge in [0.1, 0.15) is 4.60 Å². The third-order valence-corrected chi connectivity index (χ3v) is 2.03. The first-order chi connectivity index (χ1) is 4.74. The fourth-order valence-corrected chi connectivity index (χ4v) is 1.26. The molecule has 1 aromatic rings. The summed E-state index contributed by atoms with van der Waals surface area (Å²) in [7, 11) is 0. The number of nitrogens with zero attached hydrogens (tertiary/aromatic N) is 1. The molecular formula is C7H9BrN2. The van der Waals surface area contributed by atoms with Crippen LogP contribution in [0.2, 0.25) is 0 Å². The predicted molar refractivity (Wildman–Crippen MR) is 45.7 cm³/mol. The summed E-state index contributed by atoms with van der Waals surface area (Å²) in [5.41, 5.74) is 7.39. The van der Waals surface area contributed by atoms with Gasteiger partial charge in [-0.05, 0) is 34.0 Å². The highest BCUT2D eigenvalue weighted by atomic mass is 79.9. The minimum absolute atomic E-state index is 0.722. The first kappa shape index (κ1) is 7.54. The lowest BCUT2D eigenvalue weighted by Gasteiger charge is -1.99. The molecule has 1 heterocycles. The van der Waals surface area contributed by atoms with Gasteiger partial charge in [0, 0.05) is 0 Å². The van der Waals surface area contributed by atoms with Crippen LogP contribution < -0.4 is 5.73 Å². The van der Waals surface area contributed by atoms with Gasteiger partial charge < -0.3 is 5.73 Å². The number of aromatic nitrogens is 1. The van der Waals surface area contributed by atoms with Crippen molar-refractivity contribution in [2.45, 2.75) is 13.3 Å². The van der Waals surface area contributed by atoms with Crippen molar-refractivity contribution in [3.63, 3.8) is 0 Å². The van der Waals surface area contributed by atoms with E-state index >= 15 is 0 Å². The number of nitrogen functional groups attached to an aromatic ring is 1. The van der Waals surface area contributed by atoms with Crippen molar-refractivity contribution in [1.29, 1.82) is 0 Å². The van der Waals surface area contributed by atoms with Gasteiger partial charge >= 0.3 is 0 Å². The summed E-state index contributed by atoms with van der Waals surface area (Å²) in [4.78, 5) is 4.04. The number of rotatable bonds is 1. The quantitative estimate of drug-likeness (QED) is 0.705. The molecule has 1 rings (SSSR count). The Hall–Kier alpha value is -0.570. The van der Waals surface area contributed by atoms with Gasteiger partial charge in [0.2, 0.25) is 0 Å². The molecule has 3 heteroatoms. The molecule has 0 amide bonds. The lowest BCUT2D eigenvalue weighted by atomic mass is 10.2. The van der Waals surface area contributed by atoms with E-state index in [-0.39, 0.29) is 0 Å². The molecule has 0 fully saturated rings. The minimum Gasteiger partial charge on any atom is -0.397 e. The molecule has 0 radical (unpaired) electrons. The standard InChI is InChI=1S/C7H9BrN2/c1-2-5-3-6(9)4-10-7(5)8/h3-4H,2,9H2,1H3. The summed E-state index contributed by atoms with van der Waals surface area (Å²) in [5, 5.41) is 0. The third kappa shape index (κ3) is 1.48. The van der Waals surface area contributed by atoms with E-state index < -0.39 is 0 Å². The number of pyridine rings is 1. The number of anilines is 1. The summed E-state index contributed by atoms with van der Waals surface area (Å²) < 4.78 is 0.893. The van der Waals surface area contributed by atoms with Gasteiger partial charge in [-0.15, -0.1) is 0 Å². The Balaban J connectivity index is 3.09. The van der Waals surface area contributed by atoms with E-state index in [1.165, 1.54) is 0 Å². The number of aryl methyl sites for hydroxylation is 1.